The van der Waals surface area contributed by atoms with Crippen LogP contribution in [0.25, 0.3) is 22.3 Å². The second-order valence-corrected chi connectivity index (χ2v) is 10.4. The Balaban J connectivity index is 1.30. The normalized spacial score (nSPS) is 16.2. The molecule has 0 atom stereocenters. The Hall–Kier alpha value is -4.56. The van der Waals surface area contributed by atoms with Crippen molar-refractivity contribution in [3.05, 3.63) is 59.6 Å². The lowest BCUT2D eigenvalue weighted by Crippen LogP contribution is -2.48. The Kier molecular flexibility index (Phi) is 7.95. The number of benzene rings is 1. The largest absolute Gasteiger partial charge is 0.378 e. The predicted octanol–water partition coefficient (Wildman–Crippen LogP) is 2.25. The minimum atomic E-state index is -0.955. The molecule has 12 nitrogen and oxygen atoms in total. The first kappa shape index (κ1) is 28.6. The van der Waals surface area contributed by atoms with E-state index in [0.717, 1.165) is 18.7 Å². The molecule has 0 saturated carbocycles. The van der Waals surface area contributed by atoms with E-state index < -0.39 is 35.4 Å². The standard InChI is InChI=1S/C29H31F2N9O3/c1-2-37-5-7-38(8-6-37)27(42)18-13-22(30)21(23(31)14-18)15-24(41)40-4-3-20-25(19-16-33-28(32)34-17-19)35-29(36-26(20)40)39-9-11-43-12-10-39/h3-4,13-14,16-17H,2,5-12,15H2,1H3,(H2,32,33,34). The van der Waals surface area contributed by atoms with Gasteiger partial charge in [-0.15, -0.1) is 0 Å². The molecule has 0 radical (unpaired) electrons. The number of hydrogen-bond donors (Lipinski definition) is 1. The number of nitrogen functional groups attached to an aromatic ring is 1. The topological polar surface area (TPSA) is 136 Å². The fourth-order valence-corrected chi connectivity index (χ4v) is 5.37. The van der Waals surface area contributed by atoms with Gasteiger partial charge in [0, 0.05) is 79.9 Å². The number of rotatable bonds is 6. The smallest absolute Gasteiger partial charge is 0.254 e. The molecule has 5 heterocycles. The SMILES string of the molecule is CCN1CCN(C(=O)c2cc(F)c(CC(=O)n3ccc4c(-c5cnc(N)nc5)nc(N5CCOCC5)nc43)c(F)c2)CC1. The molecule has 1 amide bonds. The summed E-state index contributed by atoms with van der Waals surface area (Å²) in [7, 11) is 0. The number of amides is 1. The van der Waals surface area contributed by atoms with E-state index in [1.807, 2.05) is 11.8 Å². The second-order valence-electron chi connectivity index (χ2n) is 10.4. The van der Waals surface area contributed by atoms with Crippen molar-refractivity contribution in [3.8, 4) is 11.3 Å². The molecule has 2 saturated heterocycles. The Labute approximate surface area is 246 Å². The van der Waals surface area contributed by atoms with Gasteiger partial charge in [0.25, 0.3) is 5.91 Å². The van der Waals surface area contributed by atoms with Crippen molar-refractivity contribution in [1.82, 2.24) is 34.3 Å². The van der Waals surface area contributed by atoms with E-state index in [2.05, 4.69) is 19.9 Å². The quantitative estimate of drug-likeness (QED) is 0.356. The number of carbonyl (C=O) groups is 2. The monoisotopic (exact) mass is 591 g/mol. The Morgan fingerprint density at radius 1 is 0.977 bits per heavy atom. The highest BCUT2D eigenvalue weighted by Gasteiger charge is 2.26. The number of anilines is 2. The third kappa shape index (κ3) is 5.75. The van der Waals surface area contributed by atoms with Crippen LogP contribution in [0.15, 0.2) is 36.8 Å². The lowest BCUT2D eigenvalue weighted by Gasteiger charge is -2.34. The average molecular weight is 592 g/mol. The van der Waals surface area contributed by atoms with Gasteiger partial charge in [0.15, 0.2) is 5.65 Å². The molecule has 224 valence electrons. The maximum absolute atomic E-state index is 15.2. The number of morpholine rings is 1. The van der Waals surface area contributed by atoms with Crippen LogP contribution in [0.4, 0.5) is 20.7 Å². The predicted molar refractivity (Wildman–Crippen MR) is 155 cm³/mol. The number of nitrogens with zero attached hydrogens (tertiary/aromatic N) is 8. The van der Waals surface area contributed by atoms with Crippen LogP contribution in [0.2, 0.25) is 0 Å². The highest BCUT2D eigenvalue weighted by Crippen LogP contribution is 2.29. The Morgan fingerprint density at radius 2 is 1.65 bits per heavy atom. The molecule has 0 unspecified atom stereocenters. The van der Waals surface area contributed by atoms with Gasteiger partial charge in [-0.2, -0.15) is 4.98 Å². The summed E-state index contributed by atoms with van der Waals surface area (Å²) in [5, 5.41) is 0.531. The molecular weight excluding hydrogens is 560 g/mol. The summed E-state index contributed by atoms with van der Waals surface area (Å²) in [6, 6.07) is 3.67. The second kappa shape index (κ2) is 12.0. The van der Waals surface area contributed by atoms with Crippen LogP contribution in [0, 0.1) is 11.6 Å². The molecule has 6 rings (SSSR count). The summed E-state index contributed by atoms with van der Waals surface area (Å²) in [5.41, 5.74) is 6.48. The molecule has 0 aliphatic carbocycles. The zero-order chi connectivity index (χ0) is 30.1. The van der Waals surface area contributed by atoms with Crippen molar-refractivity contribution in [2.45, 2.75) is 13.3 Å². The van der Waals surface area contributed by atoms with Crippen LogP contribution in [0.1, 0.15) is 27.6 Å². The fraction of sp³-hybridized carbons (Fsp3) is 0.379. The number of ether oxygens (including phenoxy) is 1. The molecule has 43 heavy (non-hydrogen) atoms. The van der Waals surface area contributed by atoms with Gasteiger partial charge >= 0.3 is 0 Å². The Bertz CT molecular complexity index is 1640. The zero-order valence-corrected chi connectivity index (χ0v) is 23.7. The number of nitrogens with two attached hydrogens (primary N) is 1. The first-order valence-electron chi connectivity index (χ1n) is 14.1. The maximum Gasteiger partial charge on any atom is 0.254 e. The summed E-state index contributed by atoms with van der Waals surface area (Å²) in [5.74, 6) is -2.48. The Morgan fingerprint density at radius 3 is 2.30 bits per heavy atom. The maximum atomic E-state index is 15.2. The van der Waals surface area contributed by atoms with E-state index in [1.165, 1.54) is 23.2 Å². The summed E-state index contributed by atoms with van der Waals surface area (Å²) in [6.45, 7) is 7.38. The van der Waals surface area contributed by atoms with Gasteiger partial charge < -0.3 is 25.2 Å². The molecule has 1 aromatic carbocycles. The van der Waals surface area contributed by atoms with Gasteiger partial charge in [0.1, 0.15) is 11.6 Å². The molecule has 3 aromatic heterocycles. The van der Waals surface area contributed by atoms with E-state index in [-0.39, 0.29) is 17.2 Å². The van der Waals surface area contributed by atoms with Crippen LogP contribution in [-0.4, -0.2) is 105 Å². The molecule has 0 spiro atoms. The number of aromatic nitrogens is 5. The van der Waals surface area contributed by atoms with Crippen molar-refractivity contribution in [3.63, 3.8) is 0 Å². The molecular formula is C29H31F2N9O3. The minimum Gasteiger partial charge on any atom is -0.378 e. The van der Waals surface area contributed by atoms with Crippen LogP contribution in [-0.2, 0) is 11.2 Å². The first-order valence-corrected chi connectivity index (χ1v) is 14.1. The highest BCUT2D eigenvalue weighted by atomic mass is 19.1. The fourth-order valence-electron chi connectivity index (χ4n) is 5.37. The van der Waals surface area contributed by atoms with Crippen molar-refractivity contribution in [2.24, 2.45) is 0 Å². The molecule has 2 aliphatic rings. The zero-order valence-electron chi connectivity index (χ0n) is 23.7. The van der Waals surface area contributed by atoms with Crippen LogP contribution < -0.4 is 10.6 Å². The van der Waals surface area contributed by atoms with Crippen LogP contribution >= 0.6 is 0 Å². The molecule has 2 fully saturated rings. The van der Waals surface area contributed by atoms with E-state index in [0.29, 0.717) is 75.1 Å². The van der Waals surface area contributed by atoms with E-state index in [9.17, 15) is 9.59 Å². The lowest BCUT2D eigenvalue weighted by molar-refractivity contribution is 0.0642. The van der Waals surface area contributed by atoms with Gasteiger partial charge in [0.05, 0.1) is 25.3 Å². The van der Waals surface area contributed by atoms with Crippen molar-refractivity contribution < 1.29 is 23.1 Å². The molecule has 0 bridgehead atoms. The van der Waals surface area contributed by atoms with Crippen molar-refractivity contribution in [1.29, 1.82) is 0 Å². The van der Waals surface area contributed by atoms with Crippen molar-refractivity contribution in [2.75, 3.05) is 69.7 Å². The third-order valence-corrected chi connectivity index (χ3v) is 7.86. The third-order valence-electron chi connectivity index (χ3n) is 7.86. The van der Waals surface area contributed by atoms with E-state index in [4.69, 9.17) is 15.5 Å². The van der Waals surface area contributed by atoms with Crippen molar-refractivity contribution >= 4 is 34.7 Å². The molecule has 2 N–H and O–H groups in total. The number of piperazine rings is 1. The summed E-state index contributed by atoms with van der Waals surface area (Å²) < 4.78 is 37.2. The van der Waals surface area contributed by atoms with Gasteiger partial charge in [-0.25, -0.2) is 23.7 Å². The van der Waals surface area contributed by atoms with Crippen LogP contribution in [0.5, 0.6) is 0 Å². The number of carbonyl (C=O) groups excluding carboxylic acids is 2. The lowest BCUT2D eigenvalue weighted by atomic mass is 10.1. The molecule has 2 aliphatic heterocycles. The average Bonchev–Trinajstić information content (AvgIpc) is 3.47. The first-order chi connectivity index (χ1) is 20.8. The van der Waals surface area contributed by atoms with Gasteiger partial charge in [-0.1, -0.05) is 6.92 Å². The number of halogens is 2. The van der Waals surface area contributed by atoms with E-state index >= 15 is 8.78 Å². The van der Waals surface area contributed by atoms with Crippen LogP contribution in [0.3, 0.4) is 0 Å². The van der Waals surface area contributed by atoms with Gasteiger partial charge in [0.2, 0.25) is 17.8 Å². The van der Waals surface area contributed by atoms with Gasteiger partial charge in [-0.3, -0.25) is 14.2 Å². The van der Waals surface area contributed by atoms with Gasteiger partial charge in [-0.05, 0) is 24.7 Å². The summed E-state index contributed by atoms with van der Waals surface area (Å²) in [4.78, 5) is 49.7. The highest BCUT2D eigenvalue weighted by molar-refractivity contribution is 5.98. The molecule has 14 heteroatoms. The number of fused-ring (bicyclic) bond motifs is 1. The molecule has 4 aromatic rings. The summed E-state index contributed by atoms with van der Waals surface area (Å²) >= 11 is 0. The minimum absolute atomic E-state index is 0.0826. The summed E-state index contributed by atoms with van der Waals surface area (Å²) in [6.07, 6.45) is 3.98. The number of hydrogen-bond acceptors (Lipinski definition) is 10. The van der Waals surface area contributed by atoms with E-state index in [1.54, 1.807) is 11.0 Å². The number of likely N-dealkylation sites (N-methyl/N-ethyl adjacent to an activating group) is 1.